The van der Waals surface area contributed by atoms with Crippen LogP contribution >= 0.6 is 0 Å². The normalized spacial score (nSPS) is 26.3. The monoisotopic (exact) mass is 262 g/mol. The third kappa shape index (κ3) is 2.52. The molecule has 2 aliphatic rings. The van der Waals surface area contributed by atoms with Crippen molar-refractivity contribution in [3.05, 3.63) is 11.9 Å². The van der Waals surface area contributed by atoms with Gasteiger partial charge in [-0.15, -0.1) is 0 Å². The van der Waals surface area contributed by atoms with Crippen LogP contribution in [0.2, 0.25) is 0 Å². The summed E-state index contributed by atoms with van der Waals surface area (Å²) in [4.78, 5) is 11.5. The van der Waals surface area contributed by atoms with Crippen molar-refractivity contribution < 1.29 is 4.74 Å². The van der Waals surface area contributed by atoms with Crippen LogP contribution in [0.1, 0.15) is 32.0 Å². The molecule has 2 unspecified atom stereocenters. The molecule has 0 radical (unpaired) electrons. The van der Waals surface area contributed by atoms with Crippen LogP contribution in [0.25, 0.3) is 0 Å². The summed E-state index contributed by atoms with van der Waals surface area (Å²) in [6.07, 6.45) is 4.05. The average Bonchev–Trinajstić information content (AvgIpc) is 2.86. The Labute approximate surface area is 114 Å². The summed E-state index contributed by atoms with van der Waals surface area (Å²) < 4.78 is 5.86. The van der Waals surface area contributed by atoms with Gasteiger partial charge in [-0.1, -0.05) is 0 Å². The number of hydrogen-bond acceptors (Lipinski definition) is 5. The van der Waals surface area contributed by atoms with Crippen LogP contribution in [0, 0.1) is 6.92 Å². The molecular weight excluding hydrogens is 240 g/mol. The minimum absolute atomic E-state index is 0.395. The van der Waals surface area contributed by atoms with Crippen LogP contribution < -0.4 is 10.2 Å². The lowest BCUT2D eigenvalue weighted by Gasteiger charge is -2.38. The molecule has 3 rings (SSSR count). The van der Waals surface area contributed by atoms with Crippen LogP contribution in [-0.4, -0.2) is 41.8 Å². The third-order valence-electron chi connectivity index (χ3n) is 3.96. The summed E-state index contributed by atoms with van der Waals surface area (Å²) in [6, 6.07) is 2.56. The van der Waals surface area contributed by atoms with Gasteiger partial charge in [-0.25, -0.2) is 9.97 Å². The predicted octanol–water partition coefficient (Wildman–Crippen LogP) is 1.97. The van der Waals surface area contributed by atoms with Gasteiger partial charge in [0.2, 0.25) is 0 Å². The first-order valence-electron chi connectivity index (χ1n) is 7.25. The van der Waals surface area contributed by atoms with Crippen molar-refractivity contribution in [2.75, 3.05) is 29.9 Å². The number of nitrogens with one attached hydrogen (secondary N) is 1. The first-order chi connectivity index (χ1) is 9.28. The van der Waals surface area contributed by atoms with Crippen LogP contribution in [0.3, 0.4) is 0 Å². The molecule has 2 heterocycles. The fourth-order valence-corrected chi connectivity index (χ4v) is 3.18. The highest BCUT2D eigenvalue weighted by molar-refractivity contribution is 5.50. The topological polar surface area (TPSA) is 50.3 Å². The summed E-state index contributed by atoms with van der Waals surface area (Å²) in [7, 11) is 0. The molecule has 0 bridgehead atoms. The number of morpholine rings is 1. The Hall–Kier alpha value is -1.36. The first kappa shape index (κ1) is 12.7. The van der Waals surface area contributed by atoms with E-state index in [0.717, 1.165) is 37.2 Å². The van der Waals surface area contributed by atoms with E-state index in [1.807, 2.05) is 6.92 Å². The van der Waals surface area contributed by atoms with Crippen molar-refractivity contribution in [1.82, 2.24) is 9.97 Å². The molecule has 104 valence electrons. The van der Waals surface area contributed by atoms with Crippen molar-refractivity contribution in [1.29, 1.82) is 0 Å². The number of rotatable bonds is 3. The molecule has 5 nitrogen and oxygen atoms in total. The lowest BCUT2D eigenvalue weighted by molar-refractivity contribution is 0.0253. The smallest absolute Gasteiger partial charge is 0.134 e. The molecule has 1 aliphatic heterocycles. The Morgan fingerprint density at radius 1 is 1.42 bits per heavy atom. The number of aryl methyl sites for hydroxylation is 1. The average molecular weight is 262 g/mol. The molecule has 0 spiro atoms. The second-order valence-electron chi connectivity index (χ2n) is 5.29. The number of aromatic nitrogens is 2. The SMILES string of the molecule is CCNc1cc(N2CCOC3CCCC32)nc(C)n1. The number of fused-ring (bicyclic) bond motifs is 1. The van der Waals surface area contributed by atoms with Gasteiger partial charge < -0.3 is 15.0 Å². The zero-order chi connectivity index (χ0) is 13.2. The molecule has 19 heavy (non-hydrogen) atoms. The fraction of sp³-hybridized carbons (Fsp3) is 0.714. The molecule has 1 aromatic rings. The molecule has 2 fully saturated rings. The maximum Gasteiger partial charge on any atom is 0.134 e. The minimum Gasteiger partial charge on any atom is -0.374 e. The van der Waals surface area contributed by atoms with Crippen LogP contribution in [0.4, 0.5) is 11.6 Å². The van der Waals surface area contributed by atoms with Gasteiger partial charge in [0.05, 0.1) is 18.8 Å². The van der Waals surface area contributed by atoms with Gasteiger partial charge in [-0.05, 0) is 33.1 Å². The highest BCUT2D eigenvalue weighted by Gasteiger charge is 2.36. The molecule has 2 atom stereocenters. The van der Waals surface area contributed by atoms with Crippen LogP contribution in [0.15, 0.2) is 6.07 Å². The van der Waals surface area contributed by atoms with Gasteiger partial charge in [0.15, 0.2) is 0 Å². The van der Waals surface area contributed by atoms with E-state index >= 15 is 0 Å². The van der Waals surface area contributed by atoms with Crippen molar-refractivity contribution >= 4 is 11.6 Å². The summed E-state index contributed by atoms with van der Waals surface area (Å²) in [5, 5.41) is 3.28. The van der Waals surface area contributed by atoms with Crippen LogP contribution in [-0.2, 0) is 4.74 Å². The molecule has 1 N–H and O–H groups in total. The Bertz CT molecular complexity index is 451. The summed E-state index contributed by atoms with van der Waals surface area (Å²) >= 11 is 0. The highest BCUT2D eigenvalue weighted by atomic mass is 16.5. The van der Waals surface area contributed by atoms with E-state index in [0.29, 0.717) is 12.1 Å². The van der Waals surface area contributed by atoms with E-state index < -0.39 is 0 Å². The Morgan fingerprint density at radius 2 is 2.32 bits per heavy atom. The second-order valence-corrected chi connectivity index (χ2v) is 5.29. The lowest BCUT2D eigenvalue weighted by atomic mass is 10.1. The van der Waals surface area contributed by atoms with E-state index in [-0.39, 0.29) is 0 Å². The van der Waals surface area contributed by atoms with E-state index in [4.69, 9.17) is 4.74 Å². The van der Waals surface area contributed by atoms with E-state index in [9.17, 15) is 0 Å². The zero-order valence-corrected chi connectivity index (χ0v) is 11.7. The zero-order valence-electron chi connectivity index (χ0n) is 11.7. The quantitative estimate of drug-likeness (QED) is 0.902. The Morgan fingerprint density at radius 3 is 3.16 bits per heavy atom. The summed E-state index contributed by atoms with van der Waals surface area (Å²) in [6.45, 7) is 6.66. The Balaban J connectivity index is 1.87. The lowest BCUT2D eigenvalue weighted by Crippen LogP contribution is -2.49. The predicted molar refractivity (Wildman–Crippen MR) is 75.7 cm³/mol. The van der Waals surface area contributed by atoms with Crippen LogP contribution in [0.5, 0.6) is 0 Å². The van der Waals surface area contributed by atoms with Gasteiger partial charge in [0.1, 0.15) is 17.5 Å². The standard InChI is InChI=1S/C14H22N4O/c1-3-15-13-9-14(17-10(2)16-13)18-7-8-19-12-6-4-5-11(12)18/h9,11-12H,3-8H2,1-2H3,(H,15,16,17). The van der Waals surface area contributed by atoms with E-state index in [1.54, 1.807) is 0 Å². The van der Waals surface area contributed by atoms with E-state index in [1.165, 1.54) is 19.3 Å². The number of anilines is 2. The number of ether oxygens (including phenoxy) is 1. The number of hydrogen-bond donors (Lipinski definition) is 1. The second kappa shape index (κ2) is 5.33. The van der Waals surface area contributed by atoms with Gasteiger partial charge in [0.25, 0.3) is 0 Å². The fourth-order valence-electron chi connectivity index (χ4n) is 3.18. The Kier molecular flexibility index (Phi) is 3.55. The minimum atomic E-state index is 0.395. The van der Waals surface area contributed by atoms with Crippen molar-refractivity contribution in [2.24, 2.45) is 0 Å². The number of nitrogens with zero attached hydrogens (tertiary/aromatic N) is 3. The van der Waals surface area contributed by atoms with Gasteiger partial charge in [0, 0.05) is 19.2 Å². The molecule has 0 amide bonds. The largest absolute Gasteiger partial charge is 0.374 e. The molecule has 1 saturated heterocycles. The highest BCUT2D eigenvalue weighted by Crippen LogP contribution is 2.32. The molecule has 0 aromatic carbocycles. The first-order valence-corrected chi connectivity index (χ1v) is 7.25. The molecule has 1 aliphatic carbocycles. The maximum absolute atomic E-state index is 5.86. The molecular formula is C14H22N4O. The third-order valence-corrected chi connectivity index (χ3v) is 3.96. The summed E-state index contributed by atoms with van der Waals surface area (Å²) in [5.41, 5.74) is 0. The van der Waals surface area contributed by atoms with Crippen molar-refractivity contribution in [3.63, 3.8) is 0 Å². The van der Waals surface area contributed by atoms with Crippen molar-refractivity contribution in [3.8, 4) is 0 Å². The maximum atomic E-state index is 5.86. The molecule has 1 saturated carbocycles. The molecule has 5 heteroatoms. The summed E-state index contributed by atoms with van der Waals surface area (Å²) in [5.74, 6) is 2.80. The van der Waals surface area contributed by atoms with Gasteiger partial charge in [-0.2, -0.15) is 0 Å². The molecule has 1 aromatic heterocycles. The van der Waals surface area contributed by atoms with E-state index in [2.05, 4.69) is 33.2 Å². The van der Waals surface area contributed by atoms with Gasteiger partial charge in [-0.3, -0.25) is 0 Å². The van der Waals surface area contributed by atoms with Crippen molar-refractivity contribution in [2.45, 2.75) is 45.3 Å². The van der Waals surface area contributed by atoms with Gasteiger partial charge >= 0.3 is 0 Å².